The fourth-order valence-corrected chi connectivity index (χ4v) is 0.854. The summed E-state index contributed by atoms with van der Waals surface area (Å²) < 4.78 is 0. The quantitative estimate of drug-likeness (QED) is 0.596. The van der Waals surface area contributed by atoms with Gasteiger partial charge in [-0.15, -0.1) is 0 Å². The highest BCUT2D eigenvalue weighted by Crippen LogP contribution is 2.07. The zero-order chi connectivity index (χ0) is 10.2. The first kappa shape index (κ1) is 12.9. The highest BCUT2D eigenvalue weighted by molar-refractivity contribution is 4.72. The summed E-state index contributed by atoms with van der Waals surface area (Å²) in [6, 6.07) is 0. The third kappa shape index (κ3) is 8.22. The Morgan fingerprint density at radius 1 is 1.00 bits per heavy atom. The molecule has 0 radical (unpaired) electrons. The molecule has 1 fully saturated rings. The standard InChI is InChI=1S/C6H15N.C4H10N2/c1-4-6(3,7)5-2;1-2-6-4-3-5-1/h4-5,7H2,1-3H3;5-6H,1-4H2. The highest BCUT2D eigenvalue weighted by atomic mass is 15.0. The zero-order valence-electron chi connectivity index (χ0n) is 9.32. The molecule has 0 aromatic heterocycles. The summed E-state index contributed by atoms with van der Waals surface area (Å²) in [5.41, 5.74) is 5.80. The van der Waals surface area contributed by atoms with E-state index in [2.05, 4.69) is 31.4 Å². The third-order valence-corrected chi connectivity index (χ3v) is 2.57. The first-order valence-corrected chi connectivity index (χ1v) is 5.32. The minimum Gasteiger partial charge on any atom is -0.325 e. The predicted octanol–water partition coefficient (Wildman–Crippen LogP) is 0.703. The van der Waals surface area contributed by atoms with Crippen LogP contribution in [0.5, 0.6) is 0 Å². The maximum absolute atomic E-state index is 5.72. The molecule has 0 unspecified atom stereocenters. The fourth-order valence-electron chi connectivity index (χ4n) is 0.854. The molecule has 0 spiro atoms. The van der Waals surface area contributed by atoms with E-state index in [1.54, 1.807) is 0 Å². The summed E-state index contributed by atoms with van der Waals surface area (Å²) in [6.07, 6.45) is 2.15. The van der Waals surface area contributed by atoms with E-state index in [0.717, 1.165) is 39.0 Å². The number of nitrogens with one attached hydrogen (secondary N) is 2. The van der Waals surface area contributed by atoms with E-state index in [1.807, 2.05) is 0 Å². The summed E-state index contributed by atoms with van der Waals surface area (Å²) in [5, 5.41) is 6.44. The first-order valence-electron chi connectivity index (χ1n) is 5.32. The molecule has 0 aliphatic carbocycles. The zero-order valence-corrected chi connectivity index (χ0v) is 9.32. The molecule has 4 N–H and O–H groups in total. The van der Waals surface area contributed by atoms with E-state index < -0.39 is 0 Å². The van der Waals surface area contributed by atoms with Gasteiger partial charge in [-0.1, -0.05) is 13.8 Å². The second kappa shape index (κ2) is 7.30. The molecule has 3 heteroatoms. The van der Waals surface area contributed by atoms with Gasteiger partial charge in [0.05, 0.1) is 0 Å². The Kier molecular flexibility index (Phi) is 7.23. The lowest BCUT2D eigenvalue weighted by atomic mass is 9.98. The Bertz CT molecular complexity index is 91.2. The van der Waals surface area contributed by atoms with E-state index in [4.69, 9.17) is 5.73 Å². The van der Waals surface area contributed by atoms with Crippen molar-refractivity contribution in [3.05, 3.63) is 0 Å². The van der Waals surface area contributed by atoms with Crippen molar-refractivity contribution in [2.75, 3.05) is 26.2 Å². The molecule has 13 heavy (non-hydrogen) atoms. The van der Waals surface area contributed by atoms with Crippen molar-refractivity contribution in [2.45, 2.75) is 39.2 Å². The molecule has 0 atom stereocenters. The normalized spacial score (nSPS) is 17.5. The van der Waals surface area contributed by atoms with Crippen molar-refractivity contribution in [3.63, 3.8) is 0 Å². The van der Waals surface area contributed by atoms with Crippen LogP contribution in [0.1, 0.15) is 33.6 Å². The molecule has 1 rings (SSSR count). The Morgan fingerprint density at radius 2 is 1.31 bits per heavy atom. The van der Waals surface area contributed by atoms with Crippen LogP contribution in [0.4, 0.5) is 0 Å². The van der Waals surface area contributed by atoms with Crippen molar-refractivity contribution >= 4 is 0 Å². The van der Waals surface area contributed by atoms with Gasteiger partial charge >= 0.3 is 0 Å². The maximum Gasteiger partial charge on any atom is 0.0120 e. The summed E-state index contributed by atoms with van der Waals surface area (Å²) in [7, 11) is 0. The van der Waals surface area contributed by atoms with Crippen LogP contribution in [0.2, 0.25) is 0 Å². The van der Waals surface area contributed by atoms with Crippen molar-refractivity contribution in [1.29, 1.82) is 0 Å². The van der Waals surface area contributed by atoms with Gasteiger partial charge in [-0.2, -0.15) is 0 Å². The smallest absolute Gasteiger partial charge is 0.0120 e. The first-order chi connectivity index (χ1) is 6.12. The van der Waals surface area contributed by atoms with Crippen LogP contribution >= 0.6 is 0 Å². The fraction of sp³-hybridized carbons (Fsp3) is 1.00. The van der Waals surface area contributed by atoms with E-state index in [-0.39, 0.29) is 5.54 Å². The molecule has 0 saturated carbocycles. The molecule has 80 valence electrons. The molecule has 1 aliphatic heterocycles. The van der Waals surface area contributed by atoms with Crippen LogP contribution in [0, 0.1) is 0 Å². The Balaban J connectivity index is 0.000000223. The van der Waals surface area contributed by atoms with Crippen LogP contribution in [0.25, 0.3) is 0 Å². The highest BCUT2D eigenvalue weighted by Gasteiger charge is 2.10. The Morgan fingerprint density at radius 3 is 1.38 bits per heavy atom. The lowest BCUT2D eigenvalue weighted by molar-refractivity contribution is 0.437. The van der Waals surface area contributed by atoms with E-state index in [9.17, 15) is 0 Å². The molecule has 0 aromatic carbocycles. The summed E-state index contributed by atoms with van der Waals surface area (Å²) in [6.45, 7) is 10.9. The molecular formula is C10H25N3. The lowest BCUT2D eigenvalue weighted by Crippen LogP contribution is -2.39. The molecule has 0 aromatic rings. The van der Waals surface area contributed by atoms with Gasteiger partial charge in [0.25, 0.3) is 0 Å². The van der Waals surface area contributed by atoms with Crippen molar-refractivity contribution in [3.8, 4) is 0 Å². The van der Waals surface area contributed by atoms with Crippen LogP contribution < -0.4 is 16.4 Å². The van der Waals surface area contributed by atoms with Gasteiger partial charge in [-0.25, -0.2) is 0 Å². The molecule has 0 amide bonds. The van der Waals surface area contributed by atoms with Gasteiger partial charge in [0.15, 0.2) is 0 Å². The average molecular weight is 187 g/mol. The molecule has 3 nitrogen and oxygen atoms in total. The SMILES string of the molecule is C1CNCCN1.CCC(C)(N)CC. The molecule has 1 aliphatic rings. The van der Waals surface area contributed by atoms with Gasteiger partial charge in [0.1, 0.15) is 0 Å². The maximum atomic E-state index is 5.72. The van der Waals surface area contributed by atoms with Crippen molar-refractivity contribution < 1.29 is 0 Å². The summed E-state index contributed by atoms with van der Waals surface area (Å²) >= 11 is 0. The van der Waals surface area contributed by atoms with Crippen LogP contribution in [-0.2, 0) is 0 Å². The van der Waals surface area contributed by atoms with E-state index in [1.165, 1.54) is 0 Å². The number of nitrogens with two attached hydrogens (primary N) is 1. The van der Waals surface area contributed by atoms with Crippen molar-refractivity contribution in [2.24, 2.45) is 5.73 Å². The van der Waals surface area contributed by atoms with Gasteiger partial charge in [-0.05, 0) is 19.8 Å². The lowest BCUT2D eigenvalue weighted by Gasteiger charge is -2.18. The minimum absolute atomic E-state index is 0.0833. The van der Waals surface area contributed by atoms with Crippen molar-refractivity contribution in [1.82, 2.24) is 10.6 Å². The van der Waals surface area contributed by atoms with Crippen LogP contribution in [0.3, 0.4) is 0 Å². The second-order valence-electron chi connectivity index (χ2n) is 3.86. The number of piperazine rings is 1. The number of rotatable bonds is 2. The van der Waals surface area contributed by atoms with Gasteiger partial charge in [-0.3, -0.25) is 0 Å². The minimum atomic E-state index is 0.0833. The van der Waals surface area contributed by atoms with E-state index in [0.29, 0.717) is 0 Å². The number of hydrogen-bond donors (Lipinski definition) is 3. The van der Waals surface area contributed by atoms with Gasteiger partial charge in [0, 0.05) is 31.7 Å². The molecule has 1 heterocycles. The average Bonchev–Trinajstić information content (AvgIpc) is 2.21. The van der Waals surface area contributed by atoms with E-state index >= 15 is 0 Å². The second-order valence-corrected chi connectivity index (χ2v) is 3.86. The third-order valence-electron chi connectivity index (χ3n) is 2.57. The largest absolute Gasteiger partial charge is 0.325 e. The molecular weight excluding hydrogens is 162 g/mol. The summed E-state index contributed by atoms with van der Waals surface area (Å²) in [4.78, 5) is 0. The Hall–Kier alpha value is -0.120. The van der Waals surface area contributed by atoms with Crippen LogP contribution in [0.15, 0.2) is 0 Å². The molecule has 1 saturated heterocycles. The number of hydrogen-bond acceptors (Lipinski definition) is 3. The van der Waals surface area contributed by atoms with Crippen LogP contribution in [-0.4, -0.2) is 31.7 Å². The monoisotopic (exact) mass is 187 g/mol. The van der Waals surface area contributed by atoms with Gasteiger partial charge in [0.2, 0.25) is 0 Å². The summed E-state index contributed by atoms with van der Waals surface area (Å²) in [5.74, 6) is 0. The Labute approximate surface area is 82.5 Å². The van der Waals surface area contributed by atoms with Gasteiger partial charge < -0.3 is 16.4 Å². The predicted molar refractivity (Wildman–Crippen MR) is 58.9 cm³/mol. The topological polar surface area (TPSA) is 50.1 Å². The molecule has 0 bridgehead atoms.